The SMILES string of the molecule is COC(=O)c1cc(NCC(O)CCl)c(Cl)c(OC)c1. The molecule has 0 radical (unpaired) electrons. The molecule has 1 unspecified atom stereocenters. The third-order valence-electron chi connectivity index (χ3n) is 2.39. The summed E-state index contributed by atoms with van der Waals surface area (Å²) in [5, 5.41) is 12.6. The molecule has 19 heavy (non-hydrogen) atoms. The van der Waals surface area contributed by atoms with Crippen LogP contribution in [0.1, 0.15) is 10.4 Å². The minimum Gasteiger partial charge on any atom is -0.495 e. The zero-order valence-electron chi connectivity index (χ0n) is 10.6. The van der Waals surface area contributed by atoms with Gasteiger partial charge in [0, 0.05) is 6.54 Å². The van der Waals surface area contributed by atoms with E-state index in [1.165, 1.54) is 26.4 Å². The van der Waals surface area contributed by atoms with E-state index in [-0.39, 0.29) is 12.4 Å². The fourth-order valence-corrected chi connectivity index (χ4v) is 1.76. The number of nitrogens with one attached hydrogen (secondary N) is 1. The molecule has 0 fully saturated rings. The van der Waals surface area contributed by atoms with Gasteiger partial charge < -0.3 is 19.9 Å². The van der Waals surface area contributed by atoms with Crippen molar-refractivity contribution < 1.29 is 19.4 Å². The first-order valence-corrected chi connectivity index (χ1v) is 6.38. The van der Waals surface area contributed by atoms with Crippen LogP contribution in [0.3, 0.4) is 0 Å². The molecule has 0 bridgehead atoms. The van der Waals surface area contributed by atoms with Crippen molar-refractivity contribution in [2.24, 2.45) is 0 Å². The highest BCUT2D eigenvalue weighted by Gasteiger charge is 2.15. The molecule has 1 atom stereocenters. The van der Waals surface area contributed by atoms with Crippen LogP contribution < -0.4 is 10.1 Å². The summed E-state index contributed by atoms with van der Waals surface area (Å²) in [4.78, 5) is 11.5. The van der Waals surface area contributed by atoms with Crippen LogP contribution >= 0.6 is 23.2 Å². The van der Waals surface area contributed by atoms with E-state index in [4.69, 9.17) is 27.9 Å². The van der Waals surface area contributed by atoms with Crippen molar-refractivity contribution in [3.05, 3.63) is 22.7 Å². The average Bonchev–Trinajstić information content (AvgIpc) is 2.44. The number of aliphatic hydroxyl groups is 1. The fraction of sp³-hybridized carbons (Fsp3) is 0.417. The van der Waals surface area contributed by atoms with Crippen LogP contribution in [-0.4, -0.2) is 43.8 Å². The molecule has 1 rings (SSSR count). The lowest BCUT2D eigenvalue weighted by atomic mass is 10.2. The number of benzene rings is 1. The Morgan fingerprint density at radius 3 is 2.68 bits per heavy atom. The predicted octanol–water partition coefficient (Wildman–Crippen LogP) is 2.15. The summed E-state index contributed by atoms with van der Waals surface area (Å²) < 4.78 is 9.73. The molecule has 0 aliphatic heterocycles. The lowest BCUT2D eigenvalue weighted by Gasteiger charge is -2.14. The molecular weight excluding hydrogens is 293 g/mol. The van der Waals surface area contributed by atoms with Gasteiger partial charge in [-0.3, -0.25) is 0 Å². The van der Waals surface area contributed by atoms with E-state index in [1.54, 1.807) is 0 Å². The topological polar surface area (TPSA) is 67.8 Å². The van der Waals surface area contributed by atoms with Crippen LogP contribution in [0, 0.1) is 0 Å². The normalized spacial score (nSPS) is 11.8. The molecule has 0 aliphatic rings. The van der Waals surface area contributed by atoms with Crippen LogP contribution in [-0.2, 0) is 4.74 Å². The van der Waals surface area contributed by atoms with Crippen molar-refractivity contribution in [2.45, 2.75) is 6.10 Å². The number of hydrogen-bond acceptors (Lipinski definition) is 5. The van der Waals surface area contributed by atoms with Gasteiger partial charge in [0.2, 0.25) is 0 Å². The lowest BCUT2D eigenvalue weighted by molar-refractivity contribution is 0.0600. The molecule has 1 aromatic rings. The summed E-state index contributed by atoms with van der Waals surface area (Å²) in [6.45, 7) is 0.205. The number of anilines is 1. The Kier molecular flexibility index (Phi) is 6.21. The zero-order valence-corrected chi connectivity index (χ0v) is 12.1. The average molecular weight is 308 g/mol. The summed E-state index contributed by atoms with van der Waals surface area (Å²) in [5.41, 5.74) is 0.761. The minimum absolute atomic E-state index is 0.0957. The van der Waals surface area contributed by atoms with Crippen LogP contribution in [0.4, 0.5) is 5.69 Å². The van der Waals surface area contributed by atoms with Crippen molar-refractivity contribution in [1.29, 1.82) is 0 Å². The second-order valence-corrected chi connectivity index (χ2v) is 4.41. The minimum atomic E-state index is -0.717. The summed E-state index contributed by atoms with van der Waals surface area (Å²) in [6.07, 6.45) is -0.717. The molecule has 0 aliphatic carbocycles. The first kappa shape index (κ1) is 15.9. The second kappa shape index (κ2) is 7.43. The Balaban J connectivity index is 3.04. The van der Waals surface area contributed by atoms with Gasteiger partial charge in [0.05, 0.1) is 37.5 Å². The van der Waals surface area contributed by atoms with Gasteiger partial charge in [-0.05, 0) is 12.1 Å². The molecule has 5 nitrogen and oxygen atoms in total. The highest BCUT2D eigenvalue weighted by Crippen LogP contribution is 2.33. The number of ether oxygens (including phenoxy) is 2. The number of halogens is 2. The van der Waals surface area contributed by atoms with Crippen LogP contribution in [0.15, 0.2) is 12.1 Å². The van der Waals surface area contributed by atoms with Gasteiger partial charge in [0.15, 0.2) is 0 Å². The van der Waals surface area contributed by atoms with Gasteiger partial charge >= 0.3 is 5.97 Å². The Morgan fingerprint density at radius 1 is 1.47 bits per heavy atom. The number of carbonyl (C=O) groups excluding carboxylic acids is 1. The highest BCUT2D eigenvalue weighted by molar-refractivity contribution is 6.35. The second-order valence-electron chi connectivity index (χ2n) is 3.72. The maximum absolute atomic E-state index is 11.5. The number of rotatable bonds is 6. The zero-order chi connectivity index (χ0) is 14.4. The van der Waals surface area contributed by atoms with Crippen molar-refractivity contribution in [3.63, 3.8) is 0 Å². The maximum Gasteiger partial charge on any atom is 0.338 e. The van der Waals surface area contributed by atoms with Crippen molar-refractivity contribution in [3.8, 4) is 5.75 Å². The Hall–Kier alpha value is -1.17. The molecule has 0 saturated heterocycles. The van der Waals surface area contributed by atoms with E-state index < -0.39 is 12.1 Å². The molecule has 2 N–H and O–H groups in total. The molecular formula is C12H15Cl2NO4. The van der Waals surface area contributed by atoms with E-state index >= 15 is 0 Å². The molecule has 0 amide bonds. The molecule has 1 aromatic carbocycles. The summed E-state index contributed by atoms with van der Waals surface area (Å²) in [6, 6.07) is 3.01. The van der Waals surface area contributed by atoms with E-state index in [0.29, 0.717) is 22.0 Å². The first-order chi connectivity index (χ1) is 9.03. The lowest BCUT2D eigenvalue weighted by Crippen LogP contribution is -2.21. The summed E-state index contributed by atoms with van der Waals surface area (Å²) >= 11 is 11.6. The first-order valence-electron chi connectivity index (χ1n) is 5.47. The number of aliphatic hydroxyl groups excluding tert-OH is 1. The van der Waals surface area contributed by atoms with Crippen molar-refractivity contribution >= 4 is 34.9 Å². The Morgan fingerprint density at radius 2 is 2.16 bits per heavy atom. The molecule has 0 heterocycles. The number of esters is 1. The van der Waals surface area contributed by atoms with Gasteiger partial charge in [-0.1, -0.05) is 11.6 Å². The number of alkyl halides is 1. The monoisotopic (exact) mass is 307 g/mol. The summed E-state index contributed by atoms with van der Waals surface area (Å²) in [7, 11) is 2.73. The Labute approximate surface area is 121 Å². The molecule has 0 saturated carbocycles. The standard InChI is InChI=1S/C12H15Cl2NO4/c1-18-10-4-7(12(17)19-2)3-9(11(10)14)15-6-8(16)5-13/h3-4,8,15-16H,5-6H2,1-2H3. The van der Waals surface area contributed by atoms with Gasteiger partial charge in [0.1, 0.15) is 10.8 Å². The van der Waals surface area contributed by atoms with Crippen molar-refractivity contribution in [1.82, 2.24) is 0 Å². The fourth-order valence-electron chi connectivity index (χ4n) is 1.39. The largest absolute Gasteiger partial charge is 0.495 e. The third kappa shape index (κ3) is 4.16. The van der Waals surface area contributed by atoms with Gasteiger partial charge in [-0.15, -0.1) is 11.6 Å². The van der Waals surface area contributed by atoms with E-state index in [9.17, 15) is 9.90 Å². The van der Waals surface area contributed by atoms with Crippen molar-refractivity contribution in [2.75, 3.05) is 32.0 Å². The highest BCUT2D eigenvalue weighted by atomic mass is 35.5. The van der Waals surface area contributed by atoms with E-state index in [2.05, 4.69) is 10.1 Å². The number of methoxy groups -OCH3 is 2. The number of hydrogen-bond donors (Lipinski definition) is 2. The van der Waals surface area contributed by atoms with Crippen LogP contribution in [0.25, 0.3) is 0 Å². The molecule has 0 aromatic heterocycles. The van der Waals surface area contributed by atoms with Gasteiger partial charge in [0.25, 0.3) is 0 Å². The smallest absolute Gasteiger partial charge is 0.338 e. The number of carbonyl (C=O) groups is 1. The molecule has 106 valence electrons. The van der Waals surface area contributed by atoms with Crippen LogP contribution in [0.2, 0.25) is 5.02 Å². The van der Waals surface area contributed by atoms with Gasteiger partial charge in [-0.2, -0.15) is 0 Å². The summed E-state index contributed by atoms with van der Waals surface area (Å²) in [5.74, 6) is -0.0679. The Bertz CT molecular complexity index is 454. The maximum atomic E-state index is 11.5. The molecule has 0 spiro atoms. The third-order valence-corrected chi connectivity index (χ3v) is 3.13. The van der Waals surface area contributed by atoms with Crippen LogP contribution in [0.5, 0.6) is 5.75 Å². The predicted molar refractivity (Wildman–Crippen MR) is 74.6 cm³/mol. The van der Waals surface area contributed by atoms with Gasteiger partial charge in [-0.25, -0.2) is 4.79 Å². The van der Waals surface area contributed by atoms with E-state index in [1.807, 2.05) is 0 Å². The van der Waals surface area contributed by atoms with E-state index in [0.717, 1.165) is 0 Å². The quantitative estimate of drug-likeness (QED) is 0.622. The molecule has 7 heteroatoms.